The van der Waals surface area contributed by atoms with Gasteiger partial charge >= 0.3 is 0 Å². The van der Waals surface area contributed by atoms with E-state index in [9.17, 15) is 8.78 Å². The highest BCUT2D eigenvalue weighted by molar-refractivity contribution is 5.20. The molecule has 0 aliphatic heterocycles. The van der Waals surface area contributed by atoms with Crippen molar-refractivity contribution < 1.29 is 8.78 Å². The Kier molecular flexibility index (Phi) is 2.98. The van der Waals surface area contributed by atoms with Gasteiger partial charge < -0.3 is 4.90 Å². The molecule has 0 aliphatic carbocycles. The van der Waals surface area contributed by atoms with Gasteiger partial charge in [-0.15, -0.1) is 0 Å². The first-order valence-electron chi connectivity index (χ1n) is 4.10. The maximum atomic E-state index is 13.4. The highest BCUT2D eigenvalue weighted by atomic mass is 19.3. The van der Waals surface area contributed by atoms with Gasteiger partial charge in [0.05, 0.1) is 6.54 Å². The molecule has 1 nitrogen and oxygen atoms in total. The summed E-state index contributed by atoms with van der Waals surface area (Å²) in [6.07, 6.45) is 0. The lowest BCUT2D eigenvalue weighted by atomic mass is 10.1. The minimum Gasteiger partial charge on any atom is -0.303 e. The summed E-state index contributed by atoms with van der Waals surface area (Å²) in [5, 5.41) is 0. The molecule has 0 saturated carbocycles. The molecule has 0 atom stereocenters. The van der Waals surface area contributed by atoms with Crippen LogP contribution in [0.3, 0.4) is 0 Å². The number of rotatable bonds is 3. The maximum absolute atomic E-state index is 13.4. The van der Waals surface area contributed by atoms with Crippen LogP contribution in [0.15, 0.2) is 30.3 Å². The Morgan fingerprint density at radius 2 is 1.69 bits per heavy atom. The number of hydrogen-bond donors (Lipinski definition) is 0. The Balaban J connectivity index is 2.81. The van der Waals surface area contributed by atoms with Gasteiger partial charge in [0.15, 0.2) is 0 Å². The van der Waals surface area contributed by atoms with Gasteiger partial charge in [-0.1, -0.05) is 30.3 Å². The number of likely N-dealkylation sites (N-methyl/N-ethyl adjacent to an activating group) is 1. The minimum atomic E-state index is -2.76. The molecular formula is C10H13F2N. The lowest BCUT2D eigenvalue weighted by molar-refractivity contribution is -0.0269. The minimum absolute atomic E-state index is 0.0729. The first-order valence-corrected chi connectivity index (χ1v) is 4.10. The SMILES string of the molecule is CN(C)CC(F)(F)c1ccccc1. The molecule has 0 radical (unpaired) electrons. The van der Waals surface area contributed by atoms with E-state index in [1.54, 1.807) is 32.3 Å². The molecular weight excluding hydrogens is 172 g/mol. The van der Waals surface area contributed by atoms with Crippen LogP contribution in [0.5, 0.6) is 0 Å². The molecule has 72 valence electrons. The van der Waals surface area contributed by atoms with Crippen molar-refractivity contribution in [3.8, 4) is 0 Å². The summed E-state index contributed by atoms with van der Waals surface area (Å²) in [7, 11) is 3.27. The number of benzene rings is 1. The van der Waals surface area contributed by atoms with Crippen molar-refractivity contribution in [1.82, 2.24) is 4.90 Å². The zero-order valence-electron chi connectivity index (χ0n) is 7.80. The van der Waals surface area contributed by atoms with Crippen molar-refractivity contribution in [2.24, 2.45) is 0 Å². The van der Waals surface area contributed by atoms with Crippen molar-refractivity contribution in [2.45, 2.75) is 5.92 Å². The Morgan fingerprint density at radius 3 is 2.15 bits per heavy atom. The molecule has 0 saturated heterocycles. The highest BCUT2D eigenvalue weighted by Gasteiger charge is 2.31. The van der Waals surface area contributed by atoms with Gasteiger partial charge in [0.2, 0.25) is 0 Å². The average Bonchev–Trinajstić information content (AvgIpc) is 2.04. The Labute approximate surface area is 77.0 Å². The fraction of sp³-hybridized carbons (Fsp3) is 0.400. The van der Waals surface area contributed by atoms with E-state index in [0.29, 0.717) is 0 Å². The molecule has 13 heavy (non-hydrogen) atoms. The Morgan fingerprint density at radius 1 is 1.15 bits per heavy atom. The van der Waals surface area contributed by atoms with E-state index >= 15 is 0 Å². The van der Waals surface area contributed by atoms with Crippen molar-refractivity contribution in [3.63, 3.8) is 0 Å². The van der Waals surface area contributed by atoms with Crippen LogP contribution in [0, 0.1) is 0 Å². The third kappa shape index (κ3) is 2.77. The molecule has 0 amide bonds. The summed E-state index contributed by atoms with van der Waals surface area (Å²) < 4.78 is 26.7. The summed E-state index contributed by atoms with van der Waals surface area (Å²) in [6.45, 7) is -0.253. The lowest BCUT2D eigenvalue weighted by Crippen LogP contribution is -2.29. The molecule has 0 heterocycles. The predicted octanol–water partition coefficient (Wildman–Crippen LogP) is 2.34. The van der Waals surface area contributed by atoms with E-state index in [4.69, 9.17) is 0 Å². The monoisotopic (exact) mass is 185 g/mol. The van der Waals surface area contributed by atoms with Gasteiger partial charge in [0.25, 0.3) is 5.92 Å². The molecule has 0 fully saturated rings. The van der Waals surface area contributed by atoms with E-state index in [2.05, 4.69) is 0 Å². The van der Waals surface area contributed by atoms with E-state index < -0.39 is 5.92 Å². The second-order valence-electron chi connectivity index (χ2n) is 3.31. The second-order valence-corrected chi connectivity index (χ2v) is 3.31. The molecule has 3 heteroatoms. The molecule has 1 aromatic rings. The van der Waals surface area contributed by atoms with Gasteiger partial charge in [-0.3, -0.25) is 0 Å². The quantitative estimate of drug-likeness (QED) is 0.698. The van der Waals surface area contributed by atoms with Crippen LogP contribution in [0.4, 0.5) is 8.78 Å². The molecule has 0 aromatic heterocycles. The third-order valence-electron chi connectivity index (χ3n) is 1.71. The topological polar surface area (TPSA) is 3.24 Å². The summed E-state index contributed by atoms with van der Waals surface area (Å²) in [5.74, 6) is -2.76. The fourth-order valence-corrected chi connectivity index (χ4v) is 1.17. The normalized spacial score (nSPS) is 12.1. The largest absolute Gasteiger partial charge is 0.303 e. The van der Waals surface area contributed by atoms with Crippen molar-refractivity contribution in [1.29, 1.82) is 0 Å². The summed E-state index contributed by atoms with van der Waals surface area (Å²) in [5.41, 5.74) is 0.0729. The Bertz CT molecular complexity index is 257. The number of halogens is 2. The number of nitrogens with zero attached hydrogens (tertiary/aromatic N) is 1. The number of alkyl halides is 2. The molecule has 0 aliphatic rings. The lowest BCUT2D eigenvalue weighted by Gasteiger charge is -2.20. The molecule has 0 unspecified atom stereocenters. The van der Waals surface area contributed by atoms with E-state index in [0.717, 1.165) is 0 Å². The van der Waals surface area contributed by atoms with Crippen LogP contribution >= 0.6 is 0 Å². The van der Waals surface area contributed by atoms with Crippen molar-refractivity contribution in [2.75, 3.05) is 20.6 Å². The van der Waals surface area contributed by atoms with Crippen LogP contribution in [0.25, 0.3) is 0 Å². The zero-order chi connectivity index (χ0) is 9.90. The smallest absolute Gasteiger partial charge is 0.285 e. The first kappa shape index (κ1) is 10.1. The van der Waals surface area contributed by atoms with Crippen molar-refractivity contribution >= 4 is 0 Å². The zero-order valence-corrected chi connectivity index (χ0v) is 7.80. The third-order valence-corrected chi connectivity index (χ3v) is 1.71. The van der Waals surface area contributed by atoms with Crippen LogP contribution in [-0.2, 0) is 5.92 Å². The van der Waals surface area contributed by atoms with Crippen LogP contribution in [-0.4, -0.2) is 25.5 Å². The number of hydrogen-bond acceptors (Lipinski definition) is 1. The Hall–Kier alpha value is -0.960. The summed E-state index contributed by atoms with van der Waals surface area (Å²) in [6, 6.07) is 7.88. The van der Waals surface area contributed by atoms with Gasteiger partial charge in [-0.05, 0) is 14.1 Å². The molecule has 1 aromatic carbocycles. The van der Waals surface area contributed by atoms with Gasteiger partial charge in [0, 0.05) is 5.56 Å². The van der Waals surface area contributed by atoms with Crippen molar-refractivity contribution in [3.05, 3.63) is 35.9 Å². The standard InChI is InChI=1S/C10H13F2N/c1-13(2)8-10(11,12)9-6-4-3-5-7-9/h3-7H,8H2,1-2H3. The fourth-order valence-electron chi connectivity index (χ4n) is 1.17. The molecule has 0 N–H and O–H groups in total. The second kappa shape index (κ2) is 3.83. The van der Waals surface area contributed by atoms with E-state index in [-0.39, 0.29) is 12.1 Å². The average molecular weight is 185 g/mol. The highest BCUT2D eigenvalue weighted by Crippen LogP contribution is 2.27. The van der Waals surface area contributed by atoms with Crippen LogP contribution in [0.2, 0.25) is 0 Å². The summed E-state index contributed by atoms with van der Waals surface area (Å²) in [4.78, 5) is 1.48. The van der Waals surface area contributed by atoms with E-state index in [1.807, 2.05) is 0 Å². The first-order chi connectivity index (χ1) is 6.02. The molecule has 1 rings (SSSR count). The molecule has 0 spiro atoms. The van der Waals surface area contributed by atoms with E-state index in [1.165, 1.54) is 17.0 Å². The summed E-state index contributed by atoms with van der Waals surface area (Å²) >= 11 is 0. The van der Waals surface area contributed by atoms with Crippen LogP contribution in [0.1, 0.15) is 5.56 Å². The van der Waals surface area contributed by atoms with Gasteiger partial charge in [0.1, 0.15) is 0 Å². The van der Waals surface area contributed by atoms with Gasteiger partial charge in [-0.2, -0.15) is 8.78 Å². The molecule has 0 bridgehead atoms. The predicted molar refractivity (Wildman–Crippen MR) is 48.9 cm³/mol. The van der Waals surface area contributed by atoms with Gasteiger partial charge in [-0.25, -0.2) is 0 Å². The maximum Gasteiger partial charge on any atom is 0.285 e. The van der Waals surface area contributed by atoms with Crippen LogP contribution < -0.4 is 0 Å².